The van der Waals surface area contributed by atoms with Crippen molar-refractivity contribution in [3.63, 3.8) is 0 Å². The van der Waals surface area contributed by atoms with Crippen LogP contribution >= 0.6 is 0 Å². The first-order valence-corrected chi connectivity index (χ1v) is 6.99. The van der Waals surface area contributed by atoms with Crippen LogP contribution in [-0.2, 0) is 9.53 Å². The number of nitrogens with zero attached hydrogens (tertiary/aromatic N) is 2. The first-order chi connectivity index (χ1) is 9.09. The highest BCUT2D eigenvalue weighted by atomic mass is 16.5. The van der Waals surface area contributed by atoms with Gasteiger partial charge in [-0.2, -0.15) is 0 Å². The van der Waals surface area contributed by atoms with E-state index in [-0.39, 0.29) is 18.6 Å². The summed E-state index contributed by atoms with van der Waals surface area (Å²) in [7, 11) is 0. The van der Waals surface area contributed by atoms with Gasteiger partial charge in [-0.05, 0) is 19.8 Å². The predicted octanol–water partition coefficient (Wildman–Crippen LogP) is 1.16. The van der Waals surface area contributed by atoms with Crippen LogP contribution in [0.15, 0.2) is 0 Å². The summed E-state index contributed by atoms with van der Waals surface area (Å²) in [5.74, 6) is -0.999. The Balaban J connectivity index is 1.99. The molecule has 0 saturated carbocycles. The molecule has 2 unspecified atom stereocenters. The van der Waals surface area contributed by atoms with Crippen molar-refractivity contribution in [2.45, 2.75) is 44.8 Å². The molecular weight excluding hydrogens is 248 g/mol. The van der Waals surface area contributed by atoms with Gasteiger partial charge in [-0.25, -0.2) is 9.59 Å². The molecular formula is C13H22N2O4. The molecule has 0 radical (unpaired) electrons. The molecule has 19 heavy (non-hydrogen) atoms. The number of ether oxygens (including phenoxy) is 1. The van der Waals surface area contributed by atoms with Gasteiger partial charge in [-0.3, -0.25) is 0 Å². The molecule has 2 fully saturated rings. The summed E-state index contributed by atoms with van der Waals surface area (Å²) in [4.78, 5) is 26.9. The van der Waals surface area contributed by atoms with E-state index in [0.29, 0.717) is 13.2 Å². The second-order valence-electron chi connectivity index (χ2n) is 5.32. The van der Waals surface area contributed by atoms with Crippen molar-refractivity contribution in [3.8, 4) is 0 Å². The summed E-state index contributed by atoms with van der Waals surface area (Å²) >= 11 is 0. The standard InChI is InChI=1S/C13H22N2O4/c1-10-5-3-2-4-6-15(10)13(18)14-7-8-19-11(9-14)12(16)17/h10-11H,2-9H2,1H3,(H,16,17). The molecule has 1 N–H and O–H groups in total. The lowest BCUT2D eigenvalue weighted by molar-refractivity contribution is -0.154. The molecule has 0 aromatic rings. The molecule has 108 valence electrons. The molecule has 0 aliphatic carbocycles. The molecule has 2 rings (SSSR count). The van der Waals surface area contributed by atoms with E-state index >= 15 is 0 Å². The second kappa shape index (κ2) is 6.23. The van der Waals surface area contributed by atoms with Crippen LogP contribution in [0.5, 0.6) is 0 Å². The van der Waals surface area contributed by atoms with Gasteiger partial charge in [0.15, 0.2) is 6.10 Å². The third-order valence-electron chi connectivity index (χ3n) is 3.91. The molecule has 0 aromatic carbocycles. The largest absolute Gasteiger partial charge is 0.479 e. The van der Waals surface area contributed by atoms with Crippen molar-refractivity contribution in [2.24, 2.45) is 0 Å². The van der Waals surface area contributed by atoms with E-state index < -0.39 is 12.1 Å². The Labute approximate surface area is 113 Å². The van der Waals surface area contributed by atoms with Crippen molar-refractivity contribution in [3.05, 3.63) is 0 Å². The number of carboxylic acids is 1. The number of rotatable bonds is 1. The molecule has 2 aliphatic heterocycles. The minimum atomic E-state index is -0.999. The third-order valence-corrected chi connectivity index (χ3v) is 3.91. The lowest BCUT2D eigenvalue weighted by atomic mass is 10.1. The van der Waals surface area contributed by atoms with E-state index in [9.17, 15) is 9.59 Å². The molecule has 6 heteroatoms. The molecule has 0 aromatic heterocycles. The quantitative estimate of drug-likeness (QED) is 0.776. The highest BCUT2D eigenvalue weighted by molar-refractivity contribution is 5.77. The average Bonchev–Trinajstić information content (AvgIpc) is 2.63. The molecule has 2 saturated heterocycles. The zero-order chi connectivity index (χ0) is 13.8. The number of morpholine rings is 1. The monoisotopic (exact) mass is 270 g/mol. The minimum absolute atomic E-state index is 0.0380. The number of carbonyl (C=O) groups is 2. The maximum absolute atomic E-state index is 12.5. The molecule has 2 amide bonds. The van der Waals surface area contributed by atoms with Crippen molar-refractivity contribution in [1.82, 2.24) is 9.80 Å². The lowest BCUT2D eigenvalue weighted by Gasteiger charge is -2.37. The van der Waals surface area contributed by atoms with Gasteiger partial charge >= 0.3 is 12.0 Å². The van der Waals surface area contributed by atoms with E-state index in [0.717, 1.165) is 32.2 Å². The Kier molecular flexibility index (Phi) is 4.63. The summed E-state index contributed by atoms with van der Waals surface area (Å²) in [6, 6.07) is 0.199. The van der Waals surface area contributed by atoms with E-state index in [2.05, 4.69) is 6.92 Å². The lowest BCUT2D eigenvalue weighted by Crippen LogP contribution is -2.54. The highest BCUT2D eigenvalue weighted by Crippen LogP contribution is 2.19. The summed E-state index contributed by atoms with van der Waals surface area (Å²) in [6.45, 7) is 3.77. The summed E-state index contributed by atoms with van der Waals surface area (Å²) < 4.78 is 5.15. The molecule has 6 nitrogen and oxygen atoms in total. The van der Waals surface area contributed by atoms with Crippen molar-refractivity contribution in [2.75, 3.05) is 26.2 Å². The van der Waals surface area contributed by atoms with Crippen LogP contribution in [0.3, 0.4) is 0 Å². The molecule has 0 bridgehead atoms. The van der Waals surface area contributed by atoms with Crippen LogP contribution in [0.25, 0.3) is 0 Å². The Hall–Kier alpha value is -1.30. The number of amides is 2. The highest BCUT2D eigenvalue weighted by Gasteiger charge is 2.32. The van der Waals surface area contributed by atoms with Crippen LogP contribution in [-0.4, -0.2) is 65.3 Å². The van der Waals surface area contributed by atoms with Gasteiger partial charge in [-0.15, -0.1) is 0 Å². The molecule has 2 heterocycles. The van der Waals surface area contributed by atoms with Crippen LogP contribution in [0.1, 0.15) is 32.6 Å². The van der Waals surface area contributed by atoms with Crippen LogP contribution in [0, 0.1) is 0 Å². The van der Waals surface area contributed by atoms with Gasteiger partial charge in [0.2, 0.25) is 0 Å². The maximum Gasteiger partial charge on any atom is 0.334 e. The zero-order valence-corrected chi connectivity index (χ0v) is 11.4. The summed E-state index contributed by atoms with van der Waals surface area (Å²) in [6.07, 6.45) is 3.49. The topological polar surface area (TPSA) is 70.1 Å². The molecule has 0 spiro atoms. The first kappa shape index (κ1) is 14.1. The summed E-state index contributed by atoms with van der Waals surface area (Å²) in [5, 5.41) is 8.97. The summed E-state index contributed by atoms with van der Waals surface area (Å²) in [5.41, 5.74) is 0. The molecule has 2 atom stereocenters. The van der Waals surface area contributed by atoms with Gasteiger partial charge in [0.1, 0.15) is 0 Å². The average molecular weight is 270 g/mol. The Morgan fingerprint density at radius 3 is 2.74 bits per heavy atom. The Morgan fingerprint density at radius 2 is 2.00 bits per heavy atom. The van der Waals surface area contributed by atoms with Gasteiger partial charge < -0.3 is 19.6 Å². The number of carboxylic acid groups (broad SMARTS) is 1. The fraction of sp³-hybridized carbons (Fsp3) is 0.846. The zero-order valence-electron chi connectivity index (χ0n) is 11.4. The Bertz CT molecular complexity index is 348. The van der Waals surface area contributed by atoms with Gasteiger partial charge in [0.25, 0.3) is 0 Å². The van der Waals surface area contributed by atoms with Crippen molar-refractivity contribution < 1.29 is 19.4 Å². The van der Waals surface area contributed by atoms with E-state index in [4.69, 9.17) is 9.84 Å². The number of likely N-dealkylation sites (tertiary alicyclic amines) is 1. The molecule has 2 aliphatic rings. The second-order valence-corrected chi connectivity index (χ2v) is 5.32. The number of urea groups is 1. The van der Waals surface area contributed by atoms with E-state index in [1.807, 2.05) is 4.90 Å². The fourth-order valence-corrected chi connectivity index (χ4v) is 2.71. The van der Waals surface area contributed by atoms with Gasteiger partial charge in [-0.1, -0.05) is 12.8 Å². The smallest absolute Gasteiger partial charge is 0.334 e. The van der Waals surface area contributed by atoms with E-state index in [1.165, 1.54) is 0 Å². The van der Waals surface area contributed by atoms with Crippen molar-refractivity contribution in [1.29, 1.82) is 0 Å². The fourth-order valence-electron chi connectivity index (χ4n) is 2.71. The normalized spacial score (nSPS) is 28.9. The Morgan fingerprint density at radius 1 is 1.21 bits per heavy atom. The first-order valence-electron chi connectivity index (χ1n) is 6.99. The van der Waals surface area contributed by atoms with Crippen molar-refractivity contribution >= 4 is 12.0 Å². The van der Waals surface area contributed by atoms with Gasteiger partial charge in [0.05, 0.1) is 13.2 Å². The van der Waals surface area contributed by atoms with Gasteiger partial charge in [0, 0.05) is 19.1 Å². The predicted molar refractivity (Wildman–Crippen MR) is 69.0 cm³/mol. The minimum Gasteiger partial charge on any atom is -0.479 e. The maximum atomic E-state index is 12.5. The number of carbonyl (C=O) groups excluding carboxylic acids is 1. The van der Waals surface area contributed by atoms with Crippen LogP contribution in [0.4, 0.5) is 4.79 Å². The number of hydrogen-bond donors (Lipinski definition) is 1. The van der Waals surface area contributed by atoms with E-state index in [1.54, 1.807) is 4.90 Å². The number of hydrogen-bond acceptors (Lipinski definition) is 3. The number of aliphatic carboxylic acids is 1. The third kappa shape index (κ3) is 3.37. The van der Waals surface area contributed by atoms with Crippen LogP contribution < -0.4 is 0 Å². The van der Waals surface area contributed by atoms with Crippen LogP contribution in [0.2, 0.25) is 0 Å². The SMILES string of the molecule is CC1CCCCCN1C(=O)N1CCOC(C(=O)O)C1.